The predicted molar refractivity (Wildman–Crippen MR) is 54.6 cm³/mol. The Balaban J connectivity index is 1.79. The second kappa shape index (κ2) is 4.11. The molecular weight excluding hydrogens is 178 g/mol. The van der Waals surface area contributed by atoms with E-state index in [9.17, 15) is 4.79 Å². The molecule has 0 unspecified atom stereocenters. The van der Waals surface area contributed by atoms with Crippen molar-refractivity contribution >= 4 is 11.6 Å². The van der Waals surface area contributed by atoms with Gasteiger partial charge in [-0.2, -0.15) is 0 Å². The Morgan fingerprint density at radius 2 is 2.00 bits per heavy atom. The maximum atomic E-state index is 11.4. The molecule has 4 nitrogen and oxygen atoms in total. The molecular formula is C10H13N3O. The van der Waals surface area contributed by atoms with E-state index in [-0.39, 0.29) is 11.8 Å². The normalized spacial score (nSPS) is 15.7. The second-order valence-electron chi connectivity index (χ2n) is 3.34. The molecule has 1 heterocycles. The summed E-state index contributed by atoms with van der Waals surface area (Å²) in [5.74, 6) is 0.166. The highest BCUT2D eigenvalue weighted by molar-refractivity contribution is 5.81. The van der Waals surface area contributed by atoms with Gasteiger partial charge in [0.2, 0.25) is 5.91 Å². The van der Waals surface area contributed by atoms with Gasteiger partial charge >= 0.3 is 0 Å². The minimum Gasteiger partial charge on any atom is -0.315 e. The highest BCUT2D eigenvalue weighted by Gasteiger charge is 2.24. The Morgan fingerprint density at radius 3 is 2.57 bits per heavy atom. The number of hydrazine groups is 1. The van der Waals surface area contributed by atoms with Crippen LogP contribution in [0.25, 0.3) is 0 Å². The molecule has 0 saturated carbocycles. The summed E-state index contributed by atoms with van der Waals surface area (Å²) < 4.78 is 0. The molecule has 0 bridgehead atoms. The molecule has 3 N–H and O–H groups in total. The SMILES string of the molecule is O=C(NNc1ccccc1)C1CNC1. The molecule has 0 radical (unpaired) electrons. The molecule has 1 aromatic rings. The van der Waals surface area contributed by atoms with Crippen molar-refractivity contribution in [2.45, 2.75) is 0 Å². The fraction of sp³-hybridized carbons (Fsp3) is 0.300. The maximum absolute atomic E-state index is 11.4. The van der Waals surface area contributed by atoms with Crippen molar-refractivity contribution in [3.8, 4) is 0 Å². The van der Waals surface area contributed by atoms with E-state index in [0.29, 0.717) is 0 Å². The average Bonchev–Trinajstić information content (AvgIpc) is 2.14. The van der Waals surface area contributed by atoms with E-state index in [1.807, 2.05) is 30.3 Å². The summed E-state index contributed by atoms with van der Waals surface area (Å²) in [5.41, 5.74) is 6.43. The first-order chi connectivity index (χ1) is 6.86. The highest BCUT2D eigenvalue weighted by atomic mass is 16.2. The van der Waals surface area contributed by atoms with Crippen LogP contribution in [0, 0.1) is 5.92 Å². The minimum absolute atomic E-state index is 0.0487. The Kier molecular flexibility index (Phi) is 2.65. The third-order valence-corrected chi connectivity index (χ3v) is 2.26. The van der Waals surface area contributed by atoms with Gasteiger partial charge in [-0.25, -0.2) is 0 Å². The first-order valence-electron chi connectivity index (χ1n) is 4.68. The molecule has 1 amide bonds. The number of amides is 1. The molecule has 0 aromatic heterocycles. The van der Waals surface area contributed by atoms with E-state index in [1.54, 1.807) is 0 Å². The number of carbonyl (C=O) groups excluding carboxylic acids is 1. The Hall–Kier alpha value is -1.55. The smallest absolute Gasteiger partial charge is 0.243 e. The van der Waals surface area contributed by atoms with E-state index >= 15 is 0 Å². The summed E-state index contributed by atoms with van der Waals surface area (Å²) in [6.45, 7) is 1.56. The molecule has 0 aliphatic carbocycles. The average molecular weight is 191 g/mol. The first kappa shape index (κ1) is 9.02. The van der Waals surface area contributed by atoms with Crippen LogP contribution in [0.2, 0.25) is 0 Å². The van der Waals surface area contributed by atoms with Gasteiger partial charge in [-0.15, -0.1) is 0 Å². The highest BCUT2D eigenvalue weighted by Crippen LogP contribution is 2.05. The minimum atomic E-state index is 0.0487. The largest absolute Gasteiger partial charge is 0.315 e. The summed E-state index contributed by atoms with van der Waals surface area (Å²) in [4.78, 5) is 11.4. The van der Waals surface area contributed by atoms with Gasteiger partial charge in [0, 0.05) is 13.1 Å². The van der Waals surface area contributed by atoms with Crippen LogP contribution in [-0.2, 0) is 4.79 Å². The van der Waals surface area contributed by atoms with Gasteiger partial charge in [0.25, 0.3) is 0 Å². The summed E-state index contributed by atoms with van der Waals surface area (Å²) in [5, 5.41) is 3.05. The van der Waals surface area contributed by atoms with Crippen molar-refractivity contribution in [2.75, 3.05) is 18.5 Å². The van der Waals surface area contributed by atoms with Crippen LogP contribution in [0.3, 0.4) is 0 Å². The van der Waals surface area contributed by atoms with Crippen LogP contribution in [0.5, 0.6) is 0 Å². The number of hydrogen-bond donors (Lipinski definition) is 3. The van der Waals surface area contributed by atoms with Gasteiger partial charge in [-0.05, 0) is 12.1 Å². The van der Waals surface area contributed by atoms with Gasteiger partial charge in [0.15, 0.2) is 0 Å². The van der Waals surface area contributed by atoms with E-state index < -0.39 is 0 Å². The van der Waals surface area contributed by atoms with Crippen molar-refractivity contribution in [3.05, 3.63) is 30.3 Å². The van der Waals surface area contributed by atoms with Crippen LogP contribution in [0.15, 0.2) is 30.3 Å². The van der Waals surface area contributed by atoms with Gasteiger partial charge in [-0.1, -0.05) is 18.2 Å². The van der Waals surface area contributed by atoms with Gasteiger partial charge in [0.05, 0.1) is 11.6 Å². The lowest BCUT2D eigenvalue weighted by Gasteiger charge is -2.25. The summed E-state index contributed by atoms with van der Waals surface area (Å²) in [6, 6.07) is 9.57. The molecule has 1 aromatic carbocycles. The van der Waals surface area contributed by atoms with E-state index in [1.165, 1.54) is 0 Å². The van der Waals surface area contributed by atoms with Crippen LogP contribution in [0.1, 0.15) is 0 Å². The Bertz CT molecular complexity index is 308. The maximum Gasteiger partial charge on any atom is 0.243 e. The summed E-state index contributed by atoms with van der Waals surface area (Å²) in [6.07, 6.45) is 0. The topological polar surface area (TPSA) is 53.2 Å². The molecule has 4 heteroatoms. The van der Waals surface area contributed by atoms with Crippen molar-refractivity contribution < 1.29 is 4.79 Å². The molecule has 0 spiro atoms. The van der Waals surface area contributed by atoms with Gasteiger partial charge in [0.1, 0.15) is 0 Å². The zero-order valence-corrected chi connectivity index (χ0v) is 7.79. The Labute approximate surface area is 82.7 Å². The number of rotatable bonds is 3. The van der Waals surface area contributed by atoms with Crippen LogP contribution < -0.4 is 16.2 Å². The summed E-state index contributed by atoms with van der Waals surface area (Å²) >= 11 is 0. The van der Waals surface area contributed by atoms with Crippen molar-refractivity contribution in [1.29, 1.82) is 0 Å². The first-order valence-corrected chi connectivity index (χ1v) is 4.68. The van der Waals surface area contributed by atoms with Crippen LogP contribution in [-0.4, -0.2) is 19.0 Å². The molecule has 1 aliphatic heterocycles. The standard InChI is InChI=1S/C10H13N3O/c14-10(8-6-11-7-8)13-12-9-4-2-1-3-5-9/h1-5,8,11-12H,6-7H2,(H,13,14). The third kappa shape index (κ3) is 2.03. The number of hydrogen-bond acceptors (Lipinski definition) is 3. The molecule has 0 atom stereocenters. The van der Waals surface area contributed by atoms with Crippen molar-refractivity contribution in [3.63, 3.8) is 0 Å². The molecule has 2 rings (SSSR count). The van der Waals surface area contributed by atoms with Crippen LogP contribution >= 0.6 is 0 Å². The number of para-hydroxylation sites is 1. The monoisotopic (exact) mass is 191 g/mol. The van der Waals surface area contributed by atoms with Gasteiger partial charge < -0.3 is 5.32 Å². The van der Waals surface area contributed by atoms with E-state index in [2.05, 4.69) is 16.2 Å². The van der Waals surface area contributed by atoms with Gasteiger partial charge in [-0.3, -0.25) is 15.6 Å². The van der Waals surface area contributed by atoms with Crippen LogP contribution in [0.4, 0.5) is 5.69 Å². The fourth-order valence-electron chi connectivity index (χ4n) is 1.23. The second-order valence-corrected chi connectivity index (χ2v) is 3.34. The molecule has 1 fully saturated rings. The quantitative estimate of drug-likeness (QED) is 0.604. The fourth-order valence-corrected chi connectivity index (χ4v) is 1.23. The number of benzene rings is 1. The zero-order chi connectivity index (χ0) is 9.80. The van der Waals surface area contributed by atoms with E-state index in [4.69, 9.17) is 0 Å². The number of carbonyl (C=O) groups is 1. The predicted octanol–water partition coefficient (Wildman–Crippen LogP) is 0.349. The summed E-state index contributed by atoms with van der Waals surface area (Å²) in [7, 11) is 0. The van der Waals surface area contributed by atoms with E-state index in [0.717, 1.165) is 18.8 Å². The number of anilines is 1. The molecule has 1 saturated heterocycles. The lowest BCUT2D eigenvalue weighted by molar-refractivity contribution is -0.125. The number of nitrogens with one attached hydrogen (secondary N) is 3. The Morgan fingerprint density at radius 1 is 1.29 bits per heavy atom. The van der Waals surface area contributed by atoms with Crippen molar-refractivity contribution in [1.82, 2.24) is 10.7 Å². The molecule has 1 aliphatic rings. The lowest BCUT2D eigenvalue weighted by atomic mass is 10.0. The molecule has 14 heavy (non-hydrogen) atoms. The third-order valence-electron chi connectivity index (χ3n) is 2.26. The molecule has 74 valence electrons. The lowest BCUT2D eigenvalue weighted by Crippen LogP contribution is -2.51. The van der Waals surface area contributed by atoms with Crippen molar-refractivity contribution in [2.24, 2.45) is 5.92 Å². The zero-order valence-electron chi connectivity index (χ0n) is 7.79.